The average molecular weight is 219 g/mol. The predicted molar refractivity (Wildman–Crippen MR) is 56.9 cm³/mol. The monoisotopic (exact) mass is 219 g/mol. The van der Waals surface area contributed by atoms with Gasteiger partial charge in [-0.25, -0.2) is 0 Å². The summed E-state index contributed by atoms with van der Waals surface area (Å²) in [6.07, 6.45) is 0.688. The Morgan fingerprint density at radius 1 is 1.50 bits per heavy atom. The topological polar surface area (TPSA) is 69.4 Å². The van der Waals surface area contributed by atoms with Crippen LogP contribution in [-0.4, -0.2) is 30.0 Å². The molecule has 82 valence electrons. The van der Waals surface area contributed by atoms with E-state index in [2.05, 4.69) is 4.74 Å². The smallest absolute Gasteiger partial charge is 0.309 e. The fraction of sp³-hybridized carbons (Fsp3) is 0.778. The van der Waals surface area contributed by atoms with Crippen LogP contribution in [0.15, 0.2) is 0 Å². The molecule has 0 radical (unpaired) electrons. The number of thioether (sulfide) groups is 1. The normalized spacial score (nSPS) is 14.5. The van der Waals surface area contributed by atoms with Crippen molar-refractivity contribution in [3.8, 4) is 0 Å². The molecular weight excluding hydrogens is 202 g/mol. The lowest BCUT2D eigenvalue weighted by molar-refractivity contribution is -0.144. The van der Waals surface area contributed by atoms with Crippen molar-refractivity contribution in [2.75, 3.05) is 12.9 Å². The van der Waals surface area contributed by atoms with E-state index in [0.29, 0.717) is 12.2 Å². The first-order valence-electron chi connectivity index (χ1n) is 4.51. The summed E-state index contributed by atoms with van der Waals surface area (Å²) in [4.78, 5) is 21.9. The second-order valence-corrected chi connectivity index (χ2v) is 4.29. The van der Waals surface area contributed by atoms with Crippen LogP contribution in [-0.2, 0) is 14.3 Å². The third kappa shape index (κ3) is 4.50. The molecule has 0 spiro atoms. The Morgan fingerprint density at radius 3 is 2.43 bits per heavy atom. The molecule has 0 heterocycles. The number of hydrogen-bond donors (Lipinski definition) is 1. The van der Waals surface area contributed by atoms with Crippen molar-refractivity contribution in [2.24, 2.45) is 11.7 Å². The third-order valence-electron chi connectivity index (χ3n) is 1.84. The molecule has 0 aromatic heterocycles. The lowest BCUT2D eigenvalue weighted by atomic mass is 10.2. The number of carbonyl (C=O) groups is 2. The van der Waals surface area contributed by atoms with Gasteiger partial charge in [-0.1, -0.05) is 13.8 Å². The molecule has 0 aromatic carbocycles. The number of ether oxygens (including phenoxy) is 1. The Bertz CT molecular complexity index is 208. The first-order valence-corrected chi connectivity index (χ1v) is 5.56. The summed E-state index contributed by atoms with van der Waals surface area (Å²) in [7, 11) is 1.36. The lowest BCUT2D eigenvalue weighted by Crippen LogP contribution is -2.27. The second-order valence-electron chi connectivity index (χ2n) is 3.06. The summed E-state index contributed by atoms with van der Waals surface area (Å²) < 4.78 is 4.57. The first-order chi connectivity index (χ1) is 6.52. The molecule has 14 heavy (non-hydrogen) atoms. The molecule has 0 saturated heterocycles. The van der Waals surface area contributed by atoms with Gasteiger partial charge in [0.15, 0.2) is 0 Å². The quantitative estimate of drug-likeness (QED) is 0.671. The average Bonchev–Trinajstić information content (AvgIpc) is 2.16. The van der Waals surface area contributed by atoms with Gasteiger partial charge in [0.1, 0.15) is 0 Å². The molecule has 5 heteroatoms. The van der Waals surface area contributed by atoms with Gasteiger partial charge in [0.2, 0.25) is 5.91 Å². The van der Waals surface area contributed by atoms with Crippen LogP contribution in [0.25, 0.3) is 0 Å². The van der Waals surface area contributed by atoms with Gasteiger partial charge in [-0.15, -0.1) is 11.8 Å². The van der Waals surface area contributed by atoms with Crippen molar-refractivity contribution in [3.63, 3.8) is 0 Å². The number of methoxy groups -OCH3 is 1. The van der Waals surface area contributed by atoms with Gasteiger partial charge >= 0.3 is 5.97 Å². The minimum atomic E-state index is -0.324. The lowest BCUT2D eigenvalue weighted by Gasteiger charge is -2.13. The predicted octanol–water partition coefficient (Wildman–Crippen LogP) is 0.793. The van der Waals surface area contributed by atoms with E-state index in [-0.39, 0.29) is 23.0 Å². The summed E-state index contributed by atoms with van der Waals surface area (Å²) in [5, 5.41) is -0.206. The van der Waals surface area contributed by atoms with Crippen LogP contribution in [0.1, 0.15) is 20.3 Å². The van der Waals surface area contributed by atoms with Crippen LogP contribution < -0.4 is 5.73 Å². The van der Waals surface area contributed by atoms with Crippen molar-refractivity contribution in [2.45, 2.75) is 25.5 Å². The Kier molecular flexibility index (Phi) is 6.36. The Labute approximate surface area is 88.6 Å². The largest absolute Gasteiger partial charge is 0.469 e. The van der Waals surface area contributed by atoms with Crippen molar-refractivity contribution < 1.29 is 14.3 Å². The van der Waals surface area contributed by atoms with Gasteiger partial charge in [-0.05, 0) is 6.42 Å². The summed E-state index contributed by atoms with van der Waals surface area (Å²) in [6.45, 7) is 3.66. The van der Waals surface area contributed by atoms with E-state index in [4.69, 9.17) is 5.73 Å². The summed E-state index contributed by atoms with van der Waals surface area (Å²) in [5.74, 6) is -0.210. The summed E-state index contributed by atoms with van der Waals surface area (Å²) in [6, 6.07) is 0. The number of rotatable bonds is 6. The van der Waals surface area contributed by atoms with E-state index < -0.39 is 0 Å². The molecule has 0 bridgehead atoms. The second kappa shape index (κ2) is 6.70. The van der Waals surface area contributed by atoms with Crippen LogP contribution in [0, 0.1) is 5.92 Å². The van der Waals surface area contributed by atoms with Gasteiger partial charge in [0, 0.05) is 5.75 Å². The molecule has 4 nitrogen and oxygen atoms in total. The molecule has 0 aliphatic rings. The van der Waals surface area contributed by atoms with Crippen molar-refractivity contribution >= 4 is 23.6 Å². The van der Waals surface area contributed by atoms with Gasteiger partial charge in [-0.2, -0.15) is 0 Å². The van der Waals surface area contributed by atoms with Crippen LogP contribution >= 0.6 is 11.8 Å². The minimum Gasteiger partial charge on any atom is -0.469 e. The SMILES string of the molecule is CCC(SCC(C)C(=O)OC)C(N)=O. The highest BCUT2D eigenvalue weighted by molar-refractivity contribution is 8.00. The van der Waals surface area contributed by atoms with Crippen molar-refractivity contribution in [3.05, 3.63) is 0 Å². The maximum Gasteiger partial charge on any atom is 0.309 e. The van der Waals surface area contributed by atoms with E-state index in [1.807, 2.05) is 6.92 Å². The Morgan fingerprint density at radius 2 is 2.07 bits per heavy atom. The summed E-state index contributed by atoms with van der Waals surface area (Å²) >= 11 is 1.41. The maximum absolute atomic E-state index is 11.0. The van der Waals surface area contributed by atoms with Crippen LogP contribution in [0.2, 0.25) is 0 Å². The molecule has 2 atom stereocenters. The van der Waals surface area contributed by atoms with Gasteiger partial charge in [0.25, 0.3) is 0 Å². The molecule has 2 N–H and O–H groups in total. The molecule has 0 aliphatic heterocycles. The molecule has 0 aliphatic carbocycles. The Hall–Kier alpha value is -0.710. The highest BCUT2D eigenvalue weighted by Crippen LogP contribution is 2.18. The molecule has 0 saturated carbocycles. The zero-order valence-corrected chi connectivity index (χ0v) is 9.60. The van der Waals surface area contributed by atoms with Crippen molar-refractivity contribution in [1.29, 1.82) is 0 Å². The van der Waals surface area contributed by atoms with Crippen LogP contribution in [0.3, 0.4) is 0 Å². The van der Waals surface area contributed by atoms with E-state index in [0.717, 1.165) is 0 Å². The number of amides is 1. The Balaban J connectivity index is 3.91. The van der Waals surface area contributed by atoms with Gasteiger partial charge in [0.05, 0.1) is 18.3 Å². The fourth-order valence-corrected chi connectivity index (χ4v) is 1.99. The highest BCUT2D eigenvalue weighted by Gasteiger charge is 2.18. The number of nitrogens with two attached hydrogens (primary N) is 1. The van der Waals surface area contributed by atoms with E-state index in [1.165, 1.54) is 18.9 Å². The molecule has 0 aromatic rings. The van der Waals surface area contributed by atoms with E-state index >= 15 is 0 Å². The molecule has 0 fully saturated rings. The maximum atomic E-state index is 11.0. The van der Waals surface area contributed by atoms with Crippen molar-refractivity contribution in [1.82, 2.24) is 0 Å². The van der Waals surface area contributed by atoms with Crippen LogP contribution in [0.4, 0.5) is 0 Å². The first kappa shape index (κ1) is 13.3. The number of carbonyl (C=O) groups excluding carboxylic acids is 2. The fourth-order valence-electron chi connectivity index (χ4n) is 0.931. The highest BCUT2D eigenvalue weighted by atomic mass is 32.2. The van der Waals surface area contributed by atoms with Gasteiger partial charge < -0.3 is 10.5 Å². The van der Waals surface area contributed by atoms with E-state index in [1.54, 1.807) is 6.92 Å². The van der Waals surface area contributed by atoms with Crippen LogP contribution in [0.5, 0.6) is 0 Å². The number of primary amides is 1. The summed E-state index contributed by atoms with van der Waals surface area (Å²) in [5.41, 5.74) is 5.17. The molecule has 1 amide bonds. The zero-order chi connectivity index (χ0) is 11.1. The van der Waals surface area contributed by atoms with E-state index in [9.17, 15) is 9.59 Å². The number of hydrogen-bond acceptors (Lipinski definition) is 4. The molecule has 0 rings (SSSR count). The standard InChI is InChI=1S/C9H17NO3S/c1-4-7(8(10)11)14-5-6(2)9(12)13-3/h6-7H,4-5H2,1-3H3,(H2,10,11). The zero-order valence-electron chi connectivity index (χ0n) is 8.78. The third-order valence-corrected chi connectivity index (χ3v) is 3.50. The minimum absolute atomic E-state index is 0.196. The molecule has 2 unspecified atom stereocenters. The number of esters is 1. The molecular formula is C9H17NO3S. The van der Waals surface area contributed by atoms with Gasteiger partial charge in [-0.3, -0.25) is 9.59 Å².